The van der Waals surface area contributed by atoms with E-state index in [4.69, 9.17) is 0 Å². The fourth-order valence-corrected chi connectivity index (χ4v) is 2.21. The molecule has 0 saturated heterocycles. The van der Waals surface area contributed by atoms with E-state index in [1.165, 1.54) is 18.4 Å². The summed E-state index contributed by atoms with van der Waals surface area (Å²) in [6.45, 7) is 13.0. The van der Waals surface area contributed by atoms with Crippen molar-refractivity contribution < 1.29 is 0 Å². The van der Waals surface area contributed by atoms with Crippen LogP contribution in [0.4, 0.5) is 0 Å². The first-order chi connectivity index (χ1) is 8.65. The standard InChI is InChI=1S/C15H25N.C2H6/c1-5-9-15(16-12(2)3)13(4)14-10-7-6-8-11-14;1-2/h6-8,10-13,15-16H,5,9H2,1-4H3;1-2H3. The van der Waals surface area contributed by atoms with E-state index < -0.39 is 0 Å². The number of nitrogens with one attached hydrogen (secondary N) is 1. The highest BCUT2D eigenvalue weighted by atomic mass is 14.9. The highest BCUT2D eigenvalue weighted by Crippen LogP contribution is 2.22. The first-order valence-electron chi connectivity index (χ1n) is 7.46. The molecule has 1 heteroatoms. The van der Waals surface area contributed by atoms with Gasteiger partial charge in [0.1, 0.15) is 0 Å². The third-order valence-electron chi connectivity index (χ3n) is 3.08. The van der Waals surface area contributed by atoms with Crippen LogP contribution in [-0.2, 0) is 0 Å². The van der Waals surface area contributed by atoms with Crippen molar-refractivity contribution in [1.29, 1.82) is 0 Å². The van der Waals surface area contributed by atoms with E-state index in [0.29, 0.717) is 18.0 Å². The fourth-order valence-electron chi connectivity index (χ4n) is 2.21. The molecule has 0 spiro atoms. The van der Waals surface area contributed by atoms with Gasteiger partial charge in [-0.3, -0.25) is 0 Å². The molecule has 0 amide bonds. The van der Waals surface area contributed by atoms with E-state index in [1.807, 2.05) is 13.8 Å². The normalized spacial score (nSPS) is 13.7. The topological polar surface area (TPSA) is 12.0 Å². The lowest BCUT2D eigenvalue weighted by Crippen LogP contribution is -2.38. The molecular formula is C17H31N. The predicted octanol–water partition coefficient (Wildman–Crippen LogP) is 4.98. The van der Waals surface area contributed by atoms with Gasteiger partial charge in [0, 0.05) is 12.1 Å². The van der Waals surface area contributed by atoms with Gasteiger partial charge in [-0.05, 0) is 17.9 Å². The second kappa shape index (κ2) is 10.1. The van der Waals surface area contributed by atoms with Crippen molar-refractivity contribution in [1.82, 2.24) is 5.32 Å². The zero-order chi connectivity index (χ0) is 14.0. The second-order valence-corrected chi connectivity index (χ2v) is 4.92. The van der Waals surface area contributed by atoms with E-state index in [0.717, 1.165) is 0 Å². The van der Waals surface area contributed by atoms with Gasteiger partial charge in [-0.2, -0.15) is 0 Å². The smallest absolute Gasteiger partial charge is 0.0135 e. The van der Waals surface area contributed by atoms with Crippen LogP contribution in [0.3, 0.4) is 0 Å². The third kappa shape index (κ3) is 6.20. The van der Waals surface area contributed by atoms with Crippen LogP contribution in [0.25, 0.3) is 0 Å². The average molecular weight is 249 g/mol. The third-order valence-corrected chi connectivity index (χ3v) is 3.08. The summed E-state index contributed by atoms with van der Waals surface area (Å²) in [6.07, 6.45) is 2.48. The molecule has 0 fully saturated rings. The van der Waals surface area contributed by atoms with Crippen LogP contribution in [0.2, 0.25) is 0 Å². The minimum absolute atomic E-state index is 0.558. The summed E-state index contributed by atoms with van der Waals surface area (Å²) >= 11 is 0. The van der Waals surface area contributed by atoms with Gasteiger partial charge in [-0.1, -0.05) is 78.3 Å². The molecule has 0 aliphatic rings. The molecule has 2 atom stereocenters. The molecular weight excluding hydrogens is 218 g/mol. The van der Waals surface area contributed by atoms with E-state index in [1.54, 1.807) is 0 Å². The Hall–Kier alpha value is -0.820. The predicted molar refractivity (Wildman–Crippen MR) is 83.2 cm³/mol. The van der Waals surface area contributed by atoms with E-state index in [2.05, 4.69) is 63.3 Å². The Bertz CT molecular complexity index is 279. The SMILES string of the molecule is CC.CCCC(NC(C)C)C(C)c1ccccc1. The molecule has 0 heterocycles. The molecule has 1 N–H and O–H groups in total. The fraction of sp³-hybridized carbons (Fsp3) is 0.647. The van der Waals surface area contributed by atoms with Gasteiger partial charge in [0.05, 0.1) is 0 Å². The molecule has 1 rings (SSSR count). The van der Waals surface area contributed by atoms with Gasteiger partial charge in [-0.25, -0.2) is 0 Å². The Kier molecular flexibility index (Phi) is 9.67. The molecule has 0 aromatic heterocycles. The van der Waals surface area contributed by atoms with Gasteiger partial charge in [0.15, 0.2) is 0 Å². The minimum Gasteiger partial charge on any atom is -0.311 e. The first-order valence-corrected chi connectivity index (χ1v) is 7.46. The van der Waals surface area contributed by atoms with Crippen molar-refractivity contribution >= 4 is 0 Å². The quantitative estimate of drug-likeness (QED) is 0.749. The summed E-state index contributed by atoms with van der Waals surface area (Å²) in [5.74, 6) is 0.587. The average Bonchev–Trinajstić information content (AvgIpc) is 2.40. The zero-order valence-electron chi connectivity index (χ0n) is 13.0. The summed E-state index contributed by atoms with van der Waals surface area (Å²) in [5.41, 5.74) is 1.44. The molecule has 0 bridgehead atoms. The van der Waals surface area contributed by atoms with Crippen LogP contribution >= 0.6 is 0 Å². The molecule has 0 aliphatic heterocycles. The molecule has 1 nitrogen and oxygen atoms in total. The summed E-state index contributed by atoms with van der Waals surface area (Å²) < 4.78 is 0. The van der Waals surface area contributed by atoms with Gasteiger partial charge in [0.2, 0.25) is 0 Å². The summed E-state index contributed by atoms with van der Waals surface area (Å²) in [5, 5.41) is 3.68. The minimum atomic E-state index is 0.558. The van der Waals surface area contributed by atoms with E-state index in [-0.39, 0.29) is 0 Å². The Morgan fingerprint density at radius 2 is 1.56 bits per heavy atom. The van der Waals surface area contributed by atoms with Crippen molar-refractivity contribution in [2.45, 2.75) is 72.4 Å². The molecule has 2 unspecified atom stereocenters. The highest BCUT2D eigenvalue weighted by Gasteiger charge is 2.18. The van der Waals surface area contributed by atoms with E-state index in [9.17, 15) is 0 Å². The largest absolute Gasteiger partial charge is 0.311 e. The monoisotopic (exact) mass is 249 g/mol. The lowest BCUT2D eigenvalue weighted by molar-refractivity contribution is 0.389. The highest BCUT2D eigenvalue weighted by molar-refractivity contribution is 5.20. The Labute approximate surface area is 114 Å². The van der Waals surface area contributed by atoms with Crippen molar-refractivity contribution in [2.24, 2.45) is 0 Å². The molecule has 0 saturated carbocycles. The molecule has 18 heavy (non-hydrogen) atoms. The van der Waals surface area contributed by atoms with Crippen molar-refractivity contribution in [3.8, 4) is 0 Å². The number of hydrogen-bond acceptors (Lipinski definition) is 1. The van der Waals surface area contributed by atoms with Crippen LogP contribution in [0.5, 0.6) is 0 Å². The van der Waals surface area contributed by atoms with Crippen LogP contribution in [0.15, 0.2) is 30.3 Å². The van der Waals surface area contributed by atoms with Crippen molar-refractivity contribution in [3.63, 3.8) is 0 Å². The molecule has 1 aromatic carbocycles. The molecule has 1 aromatic rings. The van der Waals surface area contributed by atoms with E-state index >= 15 is 0 Å². The molecule has 104 valence electrons. The Morgan fingerprint density at radius 3 is 2.00 bits per heavy atom. The number of rotatable bonds is 6. The van der Waals surface area contributed by atoms with Gasteiger partial charge in [-0.15, -0.1) is 0 Å². The maximum absolute atomic E-state index is 3.68. The maximum Gasteiger partial charge on any atom is 0.0135 e. The lowest BCUT2D eigenvalue weighted by Gasteiger charge is -2.27. The van der Waals surface area contributed by atoms with Crippen molar-refractivity contribution in [2.75, 3.05) is 0 Å². The van der Waals surface area contributed by atoms with Crippen LogP contribution in [0, 0.1) is 0 Å². The Balaban J connectivity index is 0.00000137. The molecule has 0 aliphatic carbocycles. The van der Waals surface area contributed by atoms with Crippen LogP contribution < -0.4 is 5.32 Å². The van der Waals surface area contributed by atoms with Gasteiger partial charge in [0.25, 0.3) is 0 Å². The molecule has 0 radical (unpaired) electrons. The van der Waals surface area contributed by atoms with Gasteiger partial charge >= 0.3 is 0 Å². The summed E-state index contributed by atoms with van der Waals surface area (Å²) in [4.78, 5) is 0. The van der Waals surface area contributed by atoms with Crippen molar-refractivity contribution in [3.05, 3.63) is 35.9 Å². The van der Waals surface area contributed by atoms with Crippen LogP contribution in [-0.4, -0.2) is 12.1 Å². The van der Waals surface area contributed by atoms with Gasteiger partial charge < -0.3 is 5.32 Å². The van der Waals surface area contributed by atoms with Crippen LogP contribution in [0.1, 0.15) is 65.9 Å². The number of benzene rings is 1. The summed E-state index contributed by atoms with van der Waals surface area (Å²) in [6, 6.07) is 12.0. The lowest BCUT2D eigenvalue weighted by atomic mass is 9.90. The zero-order valence-corrected chi connectivity index (χ0v) is 13.0. The second-order valence-electron chi connectivity index (χ2n) is 4.92. The summed E-state index contributed by atoms with van der Waals surface area (Å²) in [7, 11) is 0. The maximum atomic E-state index is 3.68. The Morgan fingerprint density at radius 1 is 1.00 bits per heavy atom. The number of hydrogen-bond donors (Lipinski definition) is 1. The first kappa shape index (κ1) is 17.2.